The SMILES string of the molecule is CC\C=C/C=C\C=C/C=C\CCCCCCCC(=O)OC(COC(=O)CCCCCCCC/C=C\C=C/CCCCC)COC(=O)CCCCCCCCCCCCCCCCCC. The van der Waals surface area contributed by atoms with Crippen LogP contribution in [0.3, 0.4) is 0 Å². The van der Waals surface area contributed by atoms with Gasteiger partial charge in [-0.2, -0.15) is 0 Å². The molecule has 368 valence electrons. The van der Waals surface area contributed by atoms with Gasteiger partial charge in [-0.05, 0) is 64.2 Å². The molecule has 0 aromatic heterocycles. The highest BCUT2D eigenvalue weighted by Crippen LogP contribution is 2.16. The third-order valence-corrected chi connectivity index (χ3v) is 11.6. The molecule has 0 saturated carbocycles. The first-order chi connectivity index (χ1) is 31.5. The number of allylic oxidation sites excluding steroid dienone is 12. The Hall–Kier alpha value is -3.15. The predicted molar refractivity (Wildman–Crippen MR) is 274 cm³/mol. The summed E-state index contributed by atoms with van der Waals surface area (Å²) in [7, 11) is 0. The van der Waals surface area contributed by atoms with Gasteiger partial charge in [-0.3, -0.25) is 14.4 Å². The van der Waals surface area contributed by atoms with Crippen LogP contribution in [0.1, 0.15) is 258 Å². The number of hydrogen-bond donors (Lipinski definition) is 0. The van der Waals surface area contributed by atoms with Gasteiger partial charge < -0.3 is 14.2 Å². The second kappa shape index (κ2) is 52.5. The summed E-state index contributed by atoms with van der Waals surface area (Å²) in [5.41, 5.74) is 0. The fourth-order valence-electron chi connectivity index (χ4n) is 7.50. The van der Waals surface area contributed by atoms with Crippen LogP contribution in [0.2, 0.25) is 0 Å². The summed E-state index contributed by atoms with van der Waals surface area (Å²) >= 11 is 0. The third-order valence-electron chi connectivity index (χ3n) is 11.6. The van der Waals surface area contributed by atoms with Gasteiger partial charge in [0.25, 0.3) is 0 Å². The molecule has 0 bridgehead atoms. The first-order valence-electron chi connectivity index (χ1n) is 27.0. The number of ether oxygens (including phenoxy) is 3. The lowest BCUT2D eigenvalue weighted by atomic mass is 10.0. The zero-order valence-electron chi connectivity index (χ0n) is 42.0. The highest BCUT2D eigenvalue weighted by atomic mass is 16.6. The summed E-state index contributed by atoms with van der Waals surface area (Å²) in [4.78, 5) is 38.1. The molecule has 0 spiro atoms. The van der Waals surface area contributed by atoms with E-state index < -0.39 is 6.10 Å². The van der Waals surface area contributed by atoms with Crippen molar-refractivity contribution in [2.24, 2.45) is 0 Å². The quantitative estimate of drug-likeness (QED) is 0.0262. The highest BCUT2D eigenvalue weighted by molar-refractivity contribution is 5.71. The van der Waals surface area contributed by atoms with Gasteiger partial charge in [0.05, 0.1) is 0 Å². The van der Waals surface area contributed by atoms with Crippen molar-refractivity contribution < 1.29 is 28.6 Å². The van der Waals surface area contributed by atoms with Crippen LogP contribution in [0.25, 0.3) is 0 Å². The van der Waals surface area contributed by atoms with Gasteiger partial charge in [-0.15, -0.1) is 0 Å². The van der Waals surface area contributed by atoms with Crippen LogP contribution in [0.5, 0.6) is 0 Å². The molecule has 0 fully saturated rings. The lowest BCUT2D eigenvalue weighted by molar-refractivity contribution is -0.167. The van der Waals surface area contributed by atoms with Gasteiger partial charge >= 0.3 is 17.9 Å². The molecular formula is C58H100O6. The highest BCUT2D eigenvalue weighted by Gasteiger charge is 2.19. The van der Waals surface area contributed by atoms with Crippen LogP contribution in [-0.2, 0) is 28.6 Å². The largest absolute Gasteiger partial charge is 0.462 e. The van der Waals surface area contributed by atoms with Crippen molar-refractivity contribution in [3.63, 3.8) is 0 Å². The van der Waals surface area contributed by atoms with Gasteiger partial charge in [0, 0.05) is 19.3 Å². The monoisotopic (exact) mass is 893 g/mol. The van der Waals surface area contributed by atoms with Crippen molar-refractivity contribution in [1.29, 1.82) is 0 Å². The molecule has 1 atom stereocenters. The smallest absolute Gasteiger partial charge is 0.306 e. The van der Waals surface area contributed by atoms with Crippen LogP contribution in [0.4, 0.5) is 0 Å². The molecule has 6 heteroatoms. The molecule has 0 amide bonds. The molecular weight excluding hydrogens is 793 g/mol. The average molecular weight is 893 g/mol. The molecule has 0 rings (SSSR count). The number of hydrogen-bond acceptors (Lipinski definition) is 6. The molecule has 0 aromatic carbocycles. The van der Waals surface area contributed by atoms with E-state index >= 15 is 0 Å². The Bertz CT molecular complexity index is 1210. The van der Waals surface area contributed by atoms with Gasteiger partial charge in [0.1, 0.15) is 13.2 Å². The predicted octanol–water partition coefficient (Wildman–Crippen LogP) is 17.8. The molecule has 0 aliphatic rings. The van der Waals surface area contributed by atoms with E-state index in [2.05, 4.69) is 75.5 Å². The maximum atomic E-state index is 12.8. The standard InChI is InChI=1S/C58H100O6/c1-4-7-10-13-16-19-22-25-28-31-33-36-39-42-45-48-51-57(60)63-54-55(64-58(61)52-49-46-43-40-37-34-30-27-24-21-18-15-12-9-6-3)53-62-56(59)50-47-44-41-38-35-32-29-26-23-20-17-14-11-8-5-2/h9,12,15,17-18,20-21,23-24,26-27,30,55H,4-8,10-11,13-14,16,19,22,25,28-29,31-54H2,1-3H3/b12-9-,18-15-,20-17-,24-21-,26-23-,30-27-. The van der Waals surface area contributed by atoms with Crippen molar-refractivity contribution >= 4 is 17.9 Å². The minimum absolute atomic E-state index is 0.0873. The Kier molecular flexibility index (Phi) is 49.9. The van der Waals surface area contributed by atoms with Crippen molar-refractivity contribution in [2.45, 2.75) is 264 Å². The minimum Gasteiger partial charge on any atom is -0.462 e. The number of carbonyl (C=O) groups is 3. The maximum Gasteiger partial charge on any atom is 0.306 e. The van der Waals surface area contributed by atoms with Crippen LogP contribution in [0, 0.1) is 0 Å². The van der Waals surface area contributed by atoms with E-state index in [0.717, 1.165) is 89.9 Å². The molecule has 0 heterocycles. The zero-order valence-corrected chi connectivity index (χ0v) is 42.0. The lowest BCUT2D eigenvalue weighted by Gasteiger charge is -2.18. The maximum absolute atomic E-state index is 12.8. The Morgan fingerprint density at radius 2 is 0.609 bits per heavy atom. The fraction of sp³-hybridized carbons (Fsp3) is 0.741. The number of rotatable bonds is 48. The van der Waals surface area contributed by atoms with E-state index in [1.807, 2.05) is 18.2 Å². The summed E-state index contributed by atoms with van der Waals surface area (Å²) < 4.78 is 16.8. The molecule has 1 unspecified atom stereocenters. The van der Waals surface area contributed by atoms with Crippen molar-refractivity contribution in [1.82, 2.24) is 0 Å². The molecule has 0 saturated heterocycles. The normalized spacial score (nSPS) is 12.6. The Morgan fingerprint density at radius 3 is 1.00 bits per heavy atom. The minimum atomic E-state index is -0.791. The topological polar surface area (TPSA) is 78.9 Å². The summed E-state index contributed by atoms with van der Waals surface area (Å²) in [6.07, 6.45) is 65.9. The molecule has 6 nitrogen and oxygen atoms in total. The van der Waals surface area contributed by atoms with E-state index in [0.29, 0.717) is 19.3 Å². The van der Waals surface area contributed by atoms with Crippen LogP contribution in [-0.4, -0.2) is 37.2 Å². The van der Waals surface area contributed by atoms with Crippen LogP contribution < -0.4 is 0 Å². The molecule has 0 aromatic rings. The summed E-state index contributed by atoms with van der Waals surface area (Å²) in [5, 5.41) is 0. The molecule has 0 N–H and O–H groups in total. The van der Waals surface area contributed by atoms with Gasteiger partial charge in [-0.25, -0.2) is 0 Å². The second-order valence-electron chi connectivity index (χ2n) is 17.9. The first-order valence-corrected chi connectivity index (χ1v) is 27.0. The Labute approximate surface area is 395 Å². The summed E-state index contributed by atoms with van der Waals surface area (Å²) in [5.74, 6) is -0.917. The van der Waals surface area contributed by atoms with Crippen LogP contribution >= 0.6 is 0 Å². The van der Waals surface area contributed by atoms with E-state index in [9.17, 15) is 14.4 Å². The third kappa shape index (κ3) is 49.9. The van der Waals surface area contributed by atoms with Gasteiger partial charge in [0.15, 0.2) is 6.10 Å². The van der Waals surface area contributed by atoms with Crippen molar-refractivity contribution in [3.05, 3.63) is 72.9 Å². The summed E-state index contributed by atoms with van der Waals surface area (Å²) in [6.45, 7) is 6.46. The molecule has 64 heavy (non-hydrogen) atoms. The van der Waals surface area contributed by atoms with Crippen molar-refractivity contribution in [2.75, 3.05) is 13.2 Å². The number of carbonyl (C=O) groups excluding carboxylic acids is 3. The zero-order chi connectivity index (χ0) is 46.5. The molecule has 0 radical (unpaired) electrons. The fourth-order valence-corrected chi connectivity index (χ4v) is 7.50. The Morgan fingerprint density at radius 1 is 0.328 bits per heavy atom. The number of unbranched alkanes of at least 4 members (excludes halogenated alkanes) is 29. The lowest BCUT2D eigenvalue weighted by Crippen LogP contribution is -2.30. The first kappa shape index (κ1) is 60.9. The number of esters is 3. The average Bonchev–Trinajstić information content (AvgIpc) is 3.29. The van der Waals surface area contributed by atoms with Gasteiger partial charge in [-0.1, -0.05) is 248 Å². The van der Waals surface area contributed by atoms with E-state index in [1.54, 1.807) is 0 Å². The summed E-state index contributed by atoms with van der Waals surface area (Å²) in [6, 6.07) is 0. The molecule has 0 aliphatic carbocycles. The van der Waals surface area contributed by atoms with E-state index in [4.69, 9.17) is 14.2 Å². The second-order valence-corrected chi connectivity index (χ2v) is 17.9. The van der Waals surface area contributed by atoms with E-state index in [1.165, 1.54) is 128 Å². The van der Waals surface area contributed by atoms with Crippen LogP contribution in [0.15, 0.2) is 72.9 Å². The van der Waals surface area contributed by atoms with Gasteiger partial charge in [0.2, 0.25) is 0 Å². The Balaban J connectivity index is 4.42. The van der Waals surface area contributed by atoms with E-state index in [-0.39, 0.29) is 31.1 Å². The van der Waals surface area contributed by atoms with Crippen molar-refractivity contribution in [3.8, 4) is 0 Å². The molecule has 0 aliphatic heterocycles.